The summed E-state index contributed by atoms with van der Waals surface area (Å²) in [6, 6.07) is 0. The van der Waals surface area contributed by atoms with E-state index in [1.165, 1.54) is 0 Å². The third-order valence-electron chi connectivity index (χ3n) is 3.45. The van der Waals surface area contributed by atoms with Gasteiger partial charge in [0.1, 0.15) is 12.1 Å². The van der Waals surface area contributed by atoms with Crippen molar-refractivity contribution in [2.45, 2.75) is 40.0 Å². The molecule has 2 heteroatoms. The highest BCUT2D eigenvalue weighted by Crippen LogP contribution is 2.46. The van der Waals surface area contributed by atoms with Crippen LogP contribution in [-0.4, -0.2) is 12.1 Å². The van der Waals surface area contributed by atoms with Crippen molar-refractivity contribution in [3.63, 3.8) is 0 Å². The standard InChI is InChI=1S/C11H18O2/c1-8(2)9-4-5-10(13)11(9,3)6-7-12/h7-9H,4-6H2,1-3H3/t9-,11-/m1/s1. The molecule has 0 radical (unpaired) electrons. The van der Waals surface area contributed by atoms with Crippen LogP contribution in [0.25, 0.3) is 0 Å². The molecule has 1 aliphatic carbocycles. The molecule has 0 aromatic heterocycles. The van der Waals surface area contributed by atoms with E-state index in [0.717, 1.165) is 12.7 Å². The molecule has 0 amide bonds. The molecular weight excluding hydrogens is 164 g/mol. The van der Waals surface area contributed by atoms with Gasteiger partial charge in [0.05, 0.1) is 0 Å². The predicted octanol–water partition coefficient (Wildman–Crippen LogP) is 2.22. The molecule has 1 fully saturated rings. The van der Waals surface area contributed by atoms with E-state index in [1.807, 2.05) is 6.92 Å². The Bertz CT molecular complexity index is 220. The summed E-state index contributed by atoms with van der Waals surface area (Å²) in [5, 5.41) is 0. The molecule has 0 aromatic carbocycles. The fourth-order valence-electron chi connectivity index (χ4n) is 2.60. The third kappa shape index (κ3) is 1.67. The Morgan fingerprint density at radius 1 is 1.62 bits per heavy atom. The lowest BCUT2D eigenvalue weighted by Gasteiger charge is -2.30. The highest BCUT2D eigenvalue weighted by Gasteiger charge is 2.46. The van der Waals surface area contributed by atoms with E-state index >= 15 is 0 Å². The number of hydrogen-bond acceptors (Lipinski definition) is 2. The Morgan fingerprint density at radius 3 is 2.69 bits per heavy atom. The quantitative estimate of drug-likeness (QED) is 0.627. The van der Waals surface area contributed by atoms with Crippen LogP contribution < -0.4 is 0 Å². The molecule has 13 heavy (non-hydrogen) atoms. The van der Waals surface area contributed by atoms with Crippen LogP contribution in [0.5, 0.6) is 0 Å². The van der Waals surface area contributed by atoms with E-state index in [9.17, 15) is 9.59 Å². The van der Waals surface area contributed by atoms with Crippen LogP contribution in [0.15, 0.2) is 0 Å². The average Bonchev–Trinajstić information content (AvgIpc) is 2.29. The Morgan fingerprint density at radius 2 is 2.23 bits per heavy atom. The van der Waals surface area contributed by atoms with Gasteiger partial charge in [-0.3, -0.25) is 4.79 Å². The summed E-state index contributed by atoms with van der Waals surface area (Å²) < 4.78 is 0. The second-order valence-corrected chi connectivity index (χ2v) is 4.60. The normalized spacial score (nSPS) is 34.2. The van der Waals surface area contributed by atoms with Gasteiger partial charge >= 0.3 is 0 Å². The predicted molar refractivity (Wildman–Crippen MR) is 51.4 cm³/mol. The average molecular weight is 182 g/mol. The monoisotopic (exact) mass is 182 g/mol. The van der Waals surface area contributed by atoms with E-state index in [-0.39, 0.29) is 11.2 Å². The van der Waals surface area contributed by atoms with E-state index < -0.39 is 0 Å². The van der Waals surface area contributed by atoms with Crippen LogP contribution in [0.4, 0.5) is 0 Å². The molecular formula is C11H18O2. The summed E-state index contributed by atoms with van der Waals surface area (Å²) in [5.74, 6) is 1.17. The minimum atomic E-state index is -0.365. The fraction of sp³-hybridized carbons (Fsp3) is 0.818. The molecule has 2 atom stereocenters. The second kappa shape index (κ2) is 3.60. The number of ketones is 1. The first-order chi connectivity index (χ1) is 6.02. The Hall–Kier alpha value is -0.660. The van der Waals surface area contributed by atoms with Crippen molar-refractivity contribution in [2.75, 3.05) is 0 Å². The lowest BCUT2D eigenvalue weighted by atomic mass is 9.72. The number of carbonyl (C=O) groups excluding carboxylic acids is 2. The zero-order valence-electron chi connectivity index (χ0n) is 8.67. The maximum atomic E-state index is 11.6. The van der Waals surface area contributed by atoms with Crippen LogP contribution in [0.2, 0.25) is 0 Å². The van der Waals surface area contributed by atoms with Crippen molar-refractivity contribution in [2.24, 2.45) is 17.3 Å². The van der Waals surface area contributed by atoms with Gasteiger partial charge in [0.15, 0.2) is 0 Å². The SMILES string of the molecule is CC(C)[C@H]1CCC(=O)[C@]1(C)CC=O. The zero-order valence-corrected chi connectivity index (χ0v) is 8.67. The molecule has 0 aromatic rings. The molecule has 1 aliphatic rings. The third-order valence-corrected chi connectivity index (χ3v) is 3.45. The van der Waals surface area contributed by atoms with Gasteiger partial charge in [0.25, 0.3) is 0 Å². The molecule has 1 rings (SSSR count). The van der Waals surface area contributed by atoms with Crippen LogP contribution in [0.1, 0.15) is 40.0 Å². The number of rotatable bonds is 3. The minimum Gasteiger partial charge on any atom is -0.303 e. The van der Waals surface area contributed by atoms with Gasteiger partial charge in [-0.2, -0.15) is 0 Å². The van der Waals surface area contributed by atoms with Gasteiger partial charge in [-0.05, 0) is 18.3 Å². The summed E-state index contributed by atoms with van der Waals surface area (Å²) in [7, 11) is 0. The van der Waals surface area contributed by atoms with Gasteiger partial charge in [-0.1, -0.05) is 20.8 Å². The molecule has 2 nitrogen and oxygen atoms in total. The lowest BCUT2D eigenvalue weighted by Crippen LogP contribution is -2.32. The van der Waals surface area contributed by atoms with Crippen molar-refractivity contribution in [1.29, 1.82) is 0 Å². The number of carbonyl (C=O) groups is 2. The van der Waals surface area contributed by atoms with E-state index in [2.05, 4.69) is 13.8 Å². The van der Waals surface area contributed by atoms with Gasteiger partial charge < -0.3 is 4.79 Å². The van der Waals surface area contributed by atoms with Gasteiger partial charge in [-0.25, -0.2) is 0 Å². The highest BCUT2D eigenvalue weighted by molar-refractivity contribution is 5.88. The van der Waals surface area contributed by atoms with Crippen LogP contribution in [0, 0.1) is 17.3 Å². The van der Waals surface area contributed by atoms with Crippen molar-refractivity contribution >= 4 is 12.1 Å². The van der Waals surface area contributed by atoms with E-state index in [0.29, 0.717) is 24.7 Å². The molecule has 74 valence electrons. The van der Waals surface area contributed by atoms with E-state index in [1.54, 1.807) is 0 Å². The molecule has 0 saturated heterocycles. The Kier molecular flexibility index (Phi) is 2.89. The van der Waals surface area contributed by atoms with Gasteiger partial charge in [0, 0.05) is 18.3 Å². The number of aldehydes is 1. The van der Waals surface area contributed by atoms with E-state index in [4.69, 9.17) is 0 Å². The van der Waals surface area contributed by atoms with Crippen molar-refractivity contribution in [3.8, 4) is 0 Å². The Balaban J connectivity index is 2.87. The maximum Gasteiger partial charge on any atom is 0.139 e. The molecule has 0 N–H and O–H groups in total. The van der Waals surface area contributed by atoms with Crippen molar-refractivity contribution < 1.29 is 9.59 Å². The molecule has 0 unspecified atom stereocenters. The van der Waals surface area contributed by atoms with Crippen LogP contribution in [0.3, 0.4) is 0 Å². The summed E-state index contributed by atoms with van der Waals surface area (Å²) >= 11 is 0. The summed E-state index contributed by atoms with van der Waals surface area (Å²) in [6.07, 6.45) is 2.90. The first-order valence-electron chi connectivity index (χ1n) is 4.99. The first-order valence-corrected chi connectivity index (χ1v) is 4.99. The zero-order chi connectivity index (χ0) is 10.1. The van der Waals surface area contributed by atoms with Gasteiger partial charge in [0.2, 0.25) is 0 Å². The van der Waals surface area contributed by atoms with Crippen molar-refractivity contribution in [1.82, 2.24) is 0 Å². The molecule has 0 bridgehead atoms. The van der Waals surface area contributed by atoms with Gasteiger partial charge in [-0.15, -0.1) is 0 Å². The largest absolute Gasteiger partial charge is 0.303 e. The molecule has 0 spiro atoms. The molecule has 0 heterocycles. The minimum absolute atomic E-state index is 0.276. The lowest BCUT2D eigenvalue weighted by molar-refractivity contribution is -0.129. The smallest absolute Gasteiger partial charge is 0.139 e. The van der Waals surface area contributed by atoms with Crippen LogP contribution >= 0.6 is 0 Å². The number of hydrogen-bond donors (Lipinski definition) is 0. The maximum absolute atomic E-state index is 11.6. The summed E-state index contributed by atoms with van der Waals surface area (Å²) in [6.45, 7) is 6.21. The summed E-state index contributed by atoms with van der Waals surface area (Å²) in [5.41, 5.74) is -0.365. The number of Topliss-reactive ketones (excluding diaryl/α,β-unsaturated/α-hetero) is 1. The first kappa shape index (κ1) is 10.4. The highest BCUT2D eigenvalue weighted by atomic mass is 16.1. The fourth-order valence-corrected chi connectivity index (χ4v) is 2.60. The molecule has 1 saturated carbocycles. The topological polar surface area (TPSA) is 34.1 Å². The molecule has 0 aliphatic heterocycles. The van der Waals surface area contributed by atoms with Crippen LogP contribution in [-0.2, 0) is 9.59 Å². The Labute approximate surface area is 79.7 Å². The van der Waals surface area contributed by atoms with Crippen molar-refractivity contribution in [3.05, 3.63) is 0 Å². The summed E-state index contributed by atoms with van der Waals surface area (Å²) in [4.78, 5) is 22.2. The second-order valence-electron chi connectivity index (χ2n) is 4.60.